The number of alkyl halides is 3. The highest BCUT2D eigenvalue weighted by atomic mass is 35.5. The first-order valence-electron chi connectivity index (χ1n) is 3.87. The normalized spacial score (nSPS) is 20.2. The molecule has 1 heterocycles. The number of likely N-dealkylation sites (tertiary alicyclic amines) is 1. The second-order valence-corrected chi connectivity index (χ2v) is 2.95. The average Bonchev–Trinajstić information content (AvgIpc) is 1.85. The molecule has 0 amide bonds. The monoisotopic (exact) mass is 203 g/mol. The number of hydrogen-bond acceptors (Lipinski definition) is 1. The number of rotatable bonds is 1. The summed E-state index contributed by atoms with van der Waals surface area (Å²) in [4.78, 5) is 1.48. The van der Waals surface area contributed by atoms with E-state index in [1.54, 1.807) is 0 Å². The Kier molecular flexibility index (Phi) is 4.94. The van der Waals surface area contributed by atoms with Crippen molar-refractivity contribution < 1.29 is 13.2 Å². The number of nitrogens with zero attached hydrogens (tertiary/aromatic N) is 1. The molecule has 1 aliphatic rings. The van der Waals surface area contributed by atoms with Crippen LogP contribution in [0.3, 0.4) is 0 Å². The van der Waals surface area contributed by atoms with Crippen molar-refractivity contribution in [3.8, 4) is 0 Å². The third kappa shape index (κ3) is 4.83. The molecule has 0 aliphatic carbocycles. The zero-order chi connectivity index (χ0) is 8.32. The molecule has 0 aromatic carbocycles. The van der Waals surface area contributed by atoms with Gasteiger partial charge in [0.25, 0.3) is 0 Å². The molecule has 0 aromatic rings. The van der Waals surface area contributed by atoms with Gasteiger partial charge in [0, 0.05) is 0 Å². The van der Waals surface area contributed by atoms with Crippen LogP contribution >= 0.6 is 12.4 Å². The molecule has 1 rings (SSSR count). The average molecular weight is 204 g/mol. The lowest BCUT2D eigenvalue weighted by atomic mass is 10.1. The van der Waals surface area contributed by atoms with Crippen molar-refractivity contribution in [2.75, 3.05) is 19.6 Å². The van der Waals surface area contributed by atoms with Crippen LogP contribution in [0.15, 0.2) is 0 Å². The van der Waals surface area contributed by atoms with E-state index in [2.05, 4.69) is 0 Å². The molecular formula is C7H13ClF3N. The van der Waals surface area contributed by atoms with E-state index in [0.717, 1.165) is 19.3 Å². The lowest BCUT2D eigenvalue weighted by Crippen LogP contribution is -2.37. The Bertz CT molecular complexity index is 120. The van der Waals surface area contributed by atoms with Gasteiger partial charge in [-0.3, -0.25) is 4.90 Å². The smallest absolute Gasteiger partial charge is 0.295 e. The van der Waals surface area contributed by atoms with Gasteiger partial charge in [-0.1, -0.05) is 6.42 Å². The minimum atomic E-state index is -4.02. The van der Waals surface area contributed by atoms with E-state index in [-0.39, 0.29) is 12.4 Å². The third-order valence-corrected chi connectivity index (χ3v) is 1.85. The van der Waals surface area contributed by atoms with E-state index in [1.807, 2.05) is 0 Å². The van der Waals surface area contributed by atoms with Crippen LogP contribution in [0.25, 0.3) is 0 Å². The lowest BCUT2D eigenvalue weighted by Gasteiger charge is -2.26. The maximum Gasteiger partial charge on any atom is 0.401 e. The van der Waals surface area contributed by atoms with Crippen molar-refractivity contribution in [1.29, 1.82) is 0 Å². The quantitative estimate of drug-likeness (QED) is 0.633. The first-order chi connectivity index (χ1) is 5.08. The van der Waals surface area contributed by atoms with Gasteiger partial charge in [-0.2, -0.15) is 13.2 Å². The molecule has 5 heteroatoms. The molecule has 0 radical (unpaired) electrons. The Morgan fingerprint density at radius 2 is 1.50 bits per heavy atom. The number of hydrogen-bond donors (Lipinski definition) is 0. The van der Waals surface area contributed by atoms with Gasteiger partial charge in [-0.25, -0.2) is 0 Å². The second-order valence-electron chi connectivity index (χ2n) is 2.95. The zero-order valence-electron chi connectivity index (χ0n) is 6.73. The van der Waals surface area contributed by atoms with Crippen molar-refractivity contribution in [2.45, 2.75) is 25.4 Å². The Hall–Kier alpha value is 0.0400. The summed E-state index contributed by atoms with van der Waals surface area (Å²) in [5, 5.41) is 0. The Labute approximate surface area is 76.3 Å². The molecule has 0 bridgehead atoms. The van der Waals surface area contributed by atoms with E-state index in [9.17, 15) is 13.2 Å². The summed E-state index contributed by atoms with van der Waals surface area (Å²) in [7, 11) is 0. The predicted molar refractivity (Wildman–Crippen MR) is 43.6 cm³/mol. The van der Waals surface area contributed by atoms with Crippen molar-refractivity contribution in [1.82, 2.24) is 4.90 Å². The summed E-state index contributed by atoms with van der Waals surface area (Å²) in [6.45, 7) is 0.492. The summed E-state index contributed by atoms with van der Waals surface area (Å²) in [6, 6.07) is 0. The topological polar surface area (TPSA) is 3.24 Å². The van der Waals surface area contributed by atoms with Crippen LogP contribution in [-0.2, 0) is 0 Å². The first-order valence-corrected chi connectivity index (χ1v) is 3.87. The SMILES string of the molecule is Cl.FC(F)(F)CN1CCCCC1. The van der Waals surface area contributed by atoms with Crippen LogP contribution in [-0.4, -0.2) is 30.7 Å². The highest BCUT2D eigenvalue weighted by Gasteiger charge is 2.30. The van der Waals surface area contributed by atoms with Crippen molar-refractivity contribution in [2.24, 2.45) is 0 Å². The highest BCUT2D eigenvalue weighted by molar-refractivity contribution is 5.85. The summed E-state index contributed by atoms with van der Waals surface area (Å²) < 4.78 is 35.4. The van der Waals surface area contributed by atoms with Gasteiger partial charge in [0.05, 0.1) is 6.54 Å². The van der Waals surface area contributed by atoms with Crippen LogP contribution in [0.1, 0.15) is 19.3 Å². The standard InChI is InChI=1S/C7H12F3N.ClH/c8-7(9,10)6-11-4-2-1-3-5-11;/h1-6H2;1H. The van der Waals surface area contributed by atoms with Crippen molar-refractivity contribution >= 4 is 12.4 Å². The molecule has 0 spiro atoms. The minimum Gasteiger partial charge on any atom is -0.295 e. The second kappa shape index (κ2) is 4.92. The van der Waals surface area contributed by atoms with Crippen LogP contribution < -0.4 is 0 Å². The van der Waals surface area contributed by atoms with Crippen molar-refractivity contribution in [3.05, 3.63) is 0 Å². The van der Waals surface area contributed by atoms with Gasteiger partial charge >= 0.3 is 6.18 Å². The Morgan fingerprint density at radius 3 is 1.92 bits per heavy atom. The molecule has 12 heavy (non-hydrogen) atoms. The summed E-state index contributed by atoms with van der Waals surface area (Å²) in [5.74, 6) is 0. The minimum absolute atomic E-state index is 0. The third-order valence-electron chi connectivity index (χ3n) is 1.85. The molecule has 0 N–H and O–H groups in total. The molecule has 0 saturated carbocycles. The molecule has 1 saturated heterocycles. The van der Waals surface area contributed by atoms with Gasteiger partial charge in [-0.05, 0) is 25.9 Å². The fraction of sp³-hybridized carbons (Fsp3) is 1.00. The summed E-state index contributed by atoms with van der Waals surface area (Å²) >= 11 is 0. The zero-order valence-corrected chi connectivity index (χ0v) is 7.55. The van der Waals surface area contributed by atoms with Gasteiger partial charge in [0.1, 0.15) is 0 Å². The largest absolute Gasteiger partial charge is 0.401 e. The van der Waals surface area contributed by atoms with Gasteiger partial charge in [-0.15, -0.1) is 12.4 Å². The summed E-state index contributed by atoms with van der Waals surface area (Å²) in [5.41, 5.74) is 0. The molecule has 0 atom stereocenters. The lowest BCUT2D eigenvalue weighted by molar-refractivity contribution is -0.147. The van der Waals surface area contributed by atoms with E-state index in [4.69, 9.17) is 0 Å². The van der Waals surface area contributed by atoms with E-state index in [0.29, 0.717) is 13.1 Å². The number of halogens is 4. The van der Waals surface area contributed by atoms with Gasteiger partial charge in [0.15, 0.2) is 0 Å². The first kappa shape index (κ1) is 12.0. The molecule has 74 valence electrons. The molecule has 1 fully saturated rings. The molecule has 1 nitrogen and oxygen atoms in total. The Balaban J connectivity index is 0.00000121. The maximum atomic E-state index is 11.8. The van der Waals surface area contributed by atoms with Crippen LogP contribution in [0.4, 0.5) is 13.2 Å². The Morgan fingerprint density at radius 1 is 1.00 bits per heavy atom. The van der Waals surface area contributed by atoms with Crippen LogP contribution in [0.5, 0.6) is 0 Å². The predicted octanol–water partition coefficient (Wildman–Crippen LogP) is 2.46. The van der Waals surface area contributed by atoms with E-state index in [1.165, 1.54) is 4.90 Å². The molecule has 1 aliphatic heterocycles. The van der Waals surface area contributed by atoms with Gasteiger partial charge in [0.2, 0.25) is 0 Å². The maximum absolute atomic E-state index is 11.8. The molecule has 0 aromatic heterocycles. The van der Waals surface area contributed by atoms with E-state index >= 15 is 0 Å². The van der Waals surface area contributed by atoms with Crippen molar-refractivity contribution in [3.63, 3.8) is 0 Å². The van der Waals surface area contributed by atoms with Crippen LogP contribution in [0.2, 0.25) is 0 Å². The highest BCUT2D eigenvalue weighted by Crippen LogP contribution is 2.19. The molecular weight excluding hydrogens is 191 g/mol. The molecule has 0 unspecified atom stereocenters. The van der Waals surface area contributed by atoms with E-state index < -0.39 is 12.7 Å². The van der Waals surface area contributed by atoms with Gasteiger partial charge < -0.3 is 0 Å². The fourth-order valence-corrected chi connectivity index (χ4v) is 1.37. The fourth-order valence-electron chi connectivity index (χ4n) is 1.37. The number of piperidine rings is 1. The summed E-state index contributed by atoms with van der Waals surface area (Å²) in [6.07, 6.45) is -1.11. The van der Waals surface area contributed by atoms with Crippen LogP contribution in [0, 0.1) is 0 Å².